The molecule has 0 aromatic heterocycles. The van der Waals surface area contributed by atoms with Gasteiger partial charge >= 0.3 is 0 Å². The summed E-state index contributed by atoms with van der Waals surface area (Å²) in [6.07, 6.45) is 1.40. The minimum atomic E-state index is 0.210. The Bertz CT molecular complexity index is 384. The molecule has 4 nitrogen and oxygen atoms in total. The molecule has 2 N–H and O–H groups in total. The second-order valence-corrected chi connectivity index (χ2v) is 4.63. The first kappa shape index (κ1) is 13.3. The normalized spacial score (nSPS) is 22.1. The van der Waals surface area contributed by atoms with E-state index in [0.717, 1.165) is 25.3 Å². The van der Waals surface area contributed by atoms with Gasteiger partial charge in [-0.2, -0.15) is 0 Å². The van der Waals surface area contributed by atoms with Gasteiger partial charge in [0.1, 0.15) is 5.75 Å². The van der Waals surface area contributed by atoms with Crippen LogP contribution in [0.4, 0.5) is 0 Å². The minimum Gasteiger partial charge on any atom is -0.496 e. The highest BCUT2D eigenvalue weighted by molar-refractivity contribution is 5.36. The van der Waals surface area contributed by atoms with E-state index in [2.05, 4.69) is 11.0 Å². The van der Waals surface area contributed by atoms with Crippen LogP contribution >= 0.6 is 0 Å². The third-order valence-corrected chi connectivity index (χ3v) is 3.67. The van der Waals surface area contributed by atoms with Crippen LogP contribution in [0.15, 0.2) is 24.3 Å². The van der Waals surface area contributed by atoms with Gasteiger partial charge in [0.15, 0.2) is 0 Å². The van der Waals surface area contributed by atoms with Gasteiger partial charge in [-0.25, -0.2) is 0 Å². The number of methoxy groups -OCH3 is 2. The summed E-state index contributed by atoms with van der Waals surface area (Å²) in [5.74, 6) is 0.911. The average molecular weight is 250 g/mol. The second kappa shape index (κ2) is 6.18. The lowest BCUT2D eigenvalue weighted by Crippen LogP contribution is -2.33. The Morgan fingerprint density at radius 2 is 2.17 bits per heavy atom. The molecule has 1 aliphatic rings. The molecule has 100 valence electrons. The number of hydrogen-bond acceptors (Lipinski definition) is 4. The minimum absolute atomic E-state index is 0.210. The molecule has 2 atom stereocenters. The molecule has 0 radical (unpaired) electrons. The van der Waals surface area contributed by atoms with Gasteiger partial charge in [0.25, 0.3) is 0 Å². The van der Waals surface area contributed by atoms with E-state index < -0.39 is 0 Å². The Balaban J connectivity index is 2.18. The third-order valence-electron chi connectivity index (χ3n) is 3.67. The first-order valence-corrected chi connectivity index (χ1v) is 6.40. The lowest BCUT2D eigenvalue weighted by Gasteiger charge is -2.28. The zero-order chi connectivity index (χ0) is 13.0. The van der Waals surface area contributed by atoms with Crippen LogP contribution in [0.5, 0.6) is 5.75 Å². The van der Waals surface area contributed by atoms with E-state index in [1.54, 1.807) is 14.2 Å². The van der Waals surface area contributed by atoms with Crippen LogP contribution in [0, 0.1) is 0 Å². The first-order valence-electron chi connectivity index (χ1n) is 6.40. The van der Waals surface area contributed by atoms with Crippen LogP contribution in [-0.2, 0) is 4.74 Å². The molecule has 1 aromatic carbocycles. The van der Waals surface area contributed by atoms with Crippen molar-refractivity contribution in [1.82, 2.24) is 4.90 Å². The molecule has 1 heterocycles. The average Bonchev–Trinajstić information content (AvgIpc) is 2.89. The molecule has 1 aliphatic heterocycles. The maximum Gasteiger partial charge on any atom is 0.123 e. The smallest absolute Gasteiger partial charge is 0.123 e. The summed E-state index contributed by atoms with van der Waals surface area (Å²) in [6, 6.07) is 8.31. The van der Waals surface area contributed by atoms with Crippen molar-refractivity contribution in [2.45, 2.75) is 18.6 Å². The van der Waals surface area contributed by atoms with E-state index >= 15 is 0 Å². The fraction of sp³-hybridized carbons (Fsp3) is 0.571. The molecule has 0 saturated carbocycles. The molecule has 1 aromatic rings. The Kier molecular flexibility index (Phi) is 4.58. The number of nitrogens with two attached hydrogens (primary N) is 1. The summed E-state index contributed by atoms with van der Waals surface area (Å²) in [4.78, 5) is 2.38. The summed E-state index contributed by atoms with van der Waals surface area (Å²) in [6.45, 7) is 2.56. The second-order valence-electron chi connectivity index (χ2n) is 4.63. The lowest BCUT2D eigenvalue weighted by atomic mass is 10.0. The van der Waals surface area contributed by atoms with Gasteiger partial charge in [-0.3, -0.25) is 4.90 Å². The maximum atomic E-state index is 5.96. The highest BCUT2D eigenvalue weighted by Gasteiger charge is 2.29. The van der Waals surface area contributed by atoms with E-state index in [0.29, 0.717) is 12.6 Å². The molecule has 2 unspecified atom stereocenters. The fourth-order valence-corrected chi connectivity index (χ4v) is 2.64. The number of likely N-dealkylation sites (tertiary alicyclic amines) is 1. The molecular weight excluding hydrogens is 228 g/mol. The molecule has 0 bridgehead atoms. The molecule has 0 amide bonds. The SMILES string of the molecule is COc1ccccc1C(CN)N1CCC(OC)C1. The van der Waals surface area contributed by atoms with Gasteiger partial charge in [-0.15, -0.1) is 0 Å². The Labute approximate surface area is 109 Å². The molecular formula is C14H22N2O2. The molecule has 0 spiro atoms. The van der Waals surface area contributed by atoms with E-state index in [1.807, 2.05) is 18.2 Å². The van der Waals surface area contributed by atoms with Crippen molar-refractivity contribution < 1.29 is 9.47 Å². The van der Waals surface area contributed by atoms with Gasteiger partial charge < -0.3 is 15.2 Å². The number of rotatable bonds is 5. The summed E-state index contributed by atoms with van der Waals surface area (Å²) in [5, 5.41) is 0. The van der Waals surface area contributed by atoms with Crippen molar-refractivity contribution in [3.8, 4) is 5.75 Å². The van der Waals surface area contributed by atoms with Crippen LogP contribution < -0.4 is 10.5 Å². The van der Waals surface area contributed by atoms with E-state index in [9.17, 15) is 0 Å². The summed E-state index contributed by atoms with van der Waals surface area (Å²) >= 11 is 0. The zero-order valence-corrected chi connectivity index (χ0v) is 11.1. The first-order chi connectivity index (χ1) is 8.80. The molecule has 1 saturated heterocycles. The van der Waals surface area contributed by atoms with E-state index in [1.165, 1.54) is 5.56 Å². The van der Waals surface area contributed by atoms with E-state index in [-0.39, 0.29) is 6.04 Å². The largest absolute Gasteiger partial charge is 0.496 e. The van der Waals surface area contributed by atoms with Crippen LogP contribution in [0.25, 0.3) is 0 Å². The standard InChI is InChI=1S/C14H22N2O2/c1-17-11-7-8-16(10-11)13(9-15)12-5-3-4-6-14(12)18-2/h3-6,11,13H,7-10,15H2,1-2H3. The van der Waals surface area contributed by atoms with Crippen molar-refractivity contribution >= 4 is 0 Å². The van der Waals surface area contributed by atoms with E-state index in [4.69, 9.17) is 15.2 Å². The molecule has 1 fully saturated rings. The van der Waals surface area contributed by atoms with Crippen molar-refractivity contribution in [3.63, 3.8) is 0 Å². The maximum absolute atomic E-state index is 5.96. The Hall–Kier alpha value is -1.10. The van der Waals surface area contributed by atoms with Crippen LogP contribution in [-0.4, -0.2) is 44.9 Å². The number of para-hydroxylation sites is 1. The molecule has 18 heavy (non-hydrogen) atoms. The highest BCUT2D eigenvalue weighted by atomic mass is 16.5. The summed E-state index contributed by atoms with van der Waals surface area (Å²) in [5.41, 5.74) is 7.12. The molecule has 0 aliphatic carbocycles. The predicted molar refractivity (Wildman–Crippen MR) is 71.8 cm³/mol. The zero-order valence-electron chi connectivity index (χ0n) is 11.1. The lowest BCUT2D eigenvalue weighted by molar-refractivity contribution is 0.101. The van der Waals surface area contributed by atoms with Gasteiger partial charge in [0.2, 0.25) is 0 Å². The quantitative estimate of drug-likeness (QED) is 0.858. The molecule has 2 rings (SSSR count). The Morgan fingerprint density at radius 3 is 2.78 bits per heavy atom. The van der Waals surface area contributed by atoms with Gasteiger partial charge in [-0.1, -0.05) is 18.2 Å². The fourth-order valence-electron chi connectivity index (χ4n) is 2.64. The third kappa shape index (κ3) is 2.66. The number of nitrogens with zero attached hydrogens (tertiary/aromatic N) is 1. The molecule has 4 heteroatoms. The number of benzene rings is 1. The van der Waals surface area contributed by atoms with Crippen LogP contribution in [0.1, 0.15) is 18.0 Å². The van der Waals surface area contributed by atoms with Gasteiger partial charge in [-0.05, 0) is 12.5 Å². The Morgan fingerprint density at radius 1 is 1.39 bits per heavy atom. The van der Waals surface area contributed by atoms with Crippen molar-refractivity contribution in [1.29, 1.82) is 0 Å². The summed E-state index contributed by atoms with van der Waals surface area (Å²) < 4.78 is 10.8. The number of hydrogen-bond donors (Lipinski definition) is 1. The van der Waals surface area contributed by atoms with Crippen LogP contribution in [0.2, 0.25) is 0 Å². The summed E-state index contributed by atoms with van der Waals surface area (Å²) in [7, 11) is 3.48. The van der Waals surface area contributed by atoms with Crippen molar-refractivity contribution in [2.75, 3.05) is 33.9 Å². The van der Waals surface area contributed by atoms with Gasteiger partial charge in [0, 0.05) is 32.3 Å². The van der Waals surface area contributed by atoms with Crippen LogP contribution in [0.3, 0.4) is 0 Å². The van der Waals surface area contributed by atoms with Gasteiger partial charge in [0.05, 0.1) is 19.3 Å². The topological polar surface area (TPSA) is 47.7 Å². The predicted octanol–water partition coefficient (Wildman–Crippen LogP) is 1.42. The monoisotopic (exact) mass is 250 g/mol. The highest BCUT2D eigenvalue weighted by Crippen LogP contribution is 2.31. The van der Waals surface area contributed by atoms with Crippen molar-refractivity contribution in [2.24, 2.45) is 5.73 Å². The number of ether oxygens (including phenoxy) is 2. The van der Waals surface area contributed by atoms with Crippen molar-refractivity contribution in [3.05, 3.63) is 29.8 Å².